The summed E-state index contributed by atoms with van der Waals surface area (Å²) < 4.78 is 1.78. The number of nitrogens with zero attached hydrogens (tertiary/aromatic N) is 4. The maximum atomic E-state index is 13.2. The molecule has 0 aliphatic rings. The van der Waals surface area contributed by atoms with Crippen molar-refractivity contribution in [2.75, 3.05) is 5.32 Å². The van der Waals surface area contributed by atoms with Gasteiger partial charge in [0.1, 0.15) is 5.69 Å². The number of pyridine rings is 1. The van der Waals surface area contributed by atoms with Crippen molar-refractivity contribution in [2.24, 2.45) is 5.73 Å². The van der Waals surface area contributed by atoms with E-state index in [9.17, 15) is 9.59 Å². The third-order valence-corrected chi connectivity index (χ3v) is 5.22. The fraction of sp³-hybridized carbons (Fsp3) is 0.125. The Balaban J connectivity index is 1.67. The minimum absolute atomic E-state index is 0.0235. The van der Waals surface area contributed by atoms with E-state index in [1.54, 1.807) is 35.0 Å². The van der Waals surface area contributed by atoms with E-state index < -0.39 is 5.91 Å². The van der Waals surface area contributed by atoms with Crippen LogP contribution in [0.4, 0.5) is 5.69 Å². The Labute approximate surface area is 184 Å². The van der Waals surface area contributed by atoms with E-state index in [-0.39, 0.29) is 11.6 Å². The van der Waals surface area contributed by atoms with Crippen LogP contribution in [0.1, 0.15) is 43.4 Å². The van der Waals surface area contributed by atoms with Gasteiger partial charge in [-0.05, 0) is 43.7 Å². The molecule has 0 aliphatic heterocycles. The summed E-state index contributed by atoms with van der Waals surface area (Å²) in [6.07, 6.45) is 0. The first kappa shape index (κ1) is 20.8. The number of primary amides is 1. The fourth-order valence-electron chi connectivity index (χ4n) is 3.61. The number of aryl methyl sites for hydroxylation is 1. The number of para-hydroxylation sites is 1. The molecular weight excluding hydrogens is 404 g/mol. The number of rotatable bonds is 5. The highest BCUT2D eigenvalue weighted by Crippen LogP contribution is 2.24. The Morgan fingerprint density at radius 3 is 2.66 bits per heavy atom. The molecule has 32 heavy (non-hydrogen) atoms. The summed E-state index contributed by atoms with van der Waals surface area (Å²) >= 11 is 0. The number of carbonyl (C=O) groups excluding carboxylic acids is 2. The molecule has 8 heteroatoms. The lowest BCUT2D eigenvalue weighted by Crippen LogP contribution is -2.18. The van der Waals surface area contributed by atoms with Crippen molar-refractivity contribution in [2.45, 2.75) is 20.4 Å². The lowest BCUT2D eigenvalue weighted by Gasteiger charge is -2.10. The first-order valence-corrected chi connectivity index (χ1v) is 9.91. The zero-order valence-corrected chi connectivity index (χ0v) is 17.6. The molecule has 0 saturated carbocycles. The Morgan fingerprint density at radius 2 is 1.91 bits per heavy atom. The number of nitriles is 1. The molecule has 2 aromatic carbocycles. The highest BCUT2D eigenvalue weighted by Gasteiger charge is 2.19. The number of nitrogens with two attached hydrogens (primary N) is 1. The highest BCUT2D eigenvalue weighted by atomic mass is 16.2. The summed E-state index contributed by atoms with van der Waals surface area (Å²) in [5.74, 6) is -1.09. The molecule has 2 aromatic heterocycles. The van der Waals surface area contributed by atoms with Crippen LogP contribution in [0, 0.1) is 25.2 Å². The van der Waals surface area contributed by atoms with Gasteiger partial charge in [-0.3, -0.25) is 14.3 Å². The van der Waals surface area contributed by atoms with E-state index >= 15 is 0 Å². The number of amides is 2. The number of benzene rings is 2. The molecule has 4 rings (SSSR count). The standard InChI is InChI=1S/C24H20N6O2/c1-14-22(15(2)30(29-14)13-17-7-5-6-16(10-17)12-25)28-24(32)19-11-21(23(26)31)27-20-9-4-3-8-18(19)20/h3-11H,13H2,1-2H3,(H2,26,31)(H,28,32). The summed E-state index contributed by atoms with van der Waals surface area (Å²) in [6, 6.07) is 17.9. The molecule has 0 fully saturated rings. The molecule has 2 heterocycles. The SMILES string of the molecule is Cc1nn(Cc2cccc(C#N)c2)c(C)c1NC(=O)c1cc(C(N)=O)nc2ccccc12. The van der Waals surface area contributed by atoms with Crippen molar-refractivity contribution in [3.05, 3.63) is 88.4 Å². The summed E-state index contributed by atoms with van der Waals surface area (Å²) in [4.78, 5) is 29.1. The van der Waals surface area contributed by atoms with Crippen LogP contribution < -0.4 is 11.1 Å². The van der Waals surface area contributed by atoms with Crippen molar-refractivity contribution in [1.29, 1.82) is 5.26 Å². The Morgan fingerprint density at radius 1 is 1.12 bits per heavy atom. The van der Waals surface area contributed by atoms with Crippen LogP contribution in [0.3, 0.4) is 0 Å². The summed E-state index contributed by atoms with van der Waals surface area (Å²) in [7, 11) is 0. The van der Waals surface area contributed by atoms with Crippen LogP contribution in [0.5, 0.6) is 0 Å². The molecule has 0 unspecified atom stereocenters. The zero-order valence-electron chi connectivity index (χ0n) is 17.6. The quantitative estimate of drug-likeness (QED) is 0.508. The number of hydrogen-bond acceptors (Lipinski definition) is 5. The van der Waals surface area contributed by atoms with Crippen LogP contribution in [0.25, 0.3) is 10.9 Å². The van der Waals surface area contributed by atoms with Gasteiger partial charge in [0.05, 0.1) is 46.3 Å². The number of anilines is 1. The largest absolute Gasteiger partial charge is 0.364 e. The minimum atomic E-state index is -0.704. The lowest BCUT2D eigenvalue weighted by atomic mass is 10.1. The van der Waals surface area contributed by atoms with Crippen LogP contribution >= 0.6 is 0 Å². The van der Waals surface area contributed by atoms with Gasteiger partial charge in [-0.1, -0.05) is 30.3 Å². The molecule has 0 atom stereocenters. The van der Waals surface area contributed by atoms with E-state index in [4.69, 9.17) is 11.0 Å². The third kappa shape index (κ3) is 3.91. The predicted octanol–water partition coefficient (Wildman–Crippen LogP) is 3.32. The van der Waals surface area contributed by atoms with E-state index in [1.165, 1.54) is 6.07 Å². The number of fused-ring (bicyclic) bond motifs is 1. The Kier molecular flexibility index (Phi) is 5.39. The highest BCUT2D eigenvalue weighted by molar-refractivity contribution is 6.14. The van der Waals surface area contributed by atoms with Crippen LogP contribution in [0.15, 0.2) is 54.6 Å². The minimum Gasteiger partial charge on any atom is -0.364 e. The number of aromatic nitrogens is 3. The molecule has 158 valence electrons. The Hall–Kier alpha value is -4.51. The third-order valence-electron chi connectivity index (χ3n) is 5.22. The second-order valence-corrected chi connectivity index (χ2v) is 7.41. The summed E-state index contributed by atoms with van der Waals surface area (Å²) in [6.45, 7) is 4.13. The molecule has 0 spiro atoms. The van der Waals surface area contributed by atoms with Crippen molar-refractivity contribution in [3.63, 3.8) is 0 Å². The van der Waals surface area contributed by atoms with Gasteiger partial charge in [-0.15, -0.1) is 0 Å². The molecule has 8 nitrogen and oxygen atoms in total. The second kappa shape index (κ2) is 8.32. The summed E-state index contributed by atoms with van der Waals surface area (Å²) in [5, 5.41) is 17.2. The van der Waals surface area contributed by atoms with Gasteiger partial charge in [0, 0.05) is 5.39 Å². The topological polar surface area (TPSA) is 127 Å². The van der Waals surface area contributed by atoms with Crippen molar-refractivity contribution in [3.8, 4) is 6.07 Å². The predicted molar refractivity (Wildman–Crippen MR) is 120 cm³/mol. The first-order valence-electron chi connectivity index (χ1n) is 9.91. The molecule has 0 saturated heterocycles. The van der Waals surface area contributed by atoms with Crippen LogP contribution in [-0.2, 0) is 6.54 Å². The van der Waals surface area contributed by atoms with Crippen LogP contribution in [-0.4, -0.2) is 26.6 Å². The van der Waals surface area contributed by atoms with Crippen molar-refractivity contribution >= 4 is 28.4 Å². The maximum Gasteiger partial charge on any atom is 0.267 e. The molecule has 0 radical (unpaired) electrons. The number of nitrogens with one attached hydrogen (secondary N) is 1. The van der Waals surface area contributed by atoms with Crippen molar-refractivity contribution in [1.82, 2.24) is 14.8 Å². The molecule has 0 aliphatic carbocycles. The second-order valence-electron chi connectivity index (χ2n) is 7.41. The lowest BCUT2D eigenvalue weighted by molar-refractivity contribution is 0.0996. The average molecular weight is 424 g/mol. The zero-order chi connectivity index (χ0) is 22.8. The normalized spacial score (nSPS) is 10.7. The molecular formula is C24H20N6O2. The van der Waals surface area contributed by atoms with Gasteiger partial charge in [-0.2, -0.15) is 10.4 Å². The van der Waals surface area contributed by atoms with E-state index in [0.717, 1.165) is 11.3 Å². The molecule has 0 bridgehead atoms. The fourth-order valence-corrected chi connectivity index (χ4v) is 3.61. The van der Waals surface area contributed by atoms with E-state index in [1.807, 2.05) is 32.0 Å². The number of carbonyl (C=O) groups is 2. The van der Waals surface area contributed by atoms with Gasteiger partial charge < -0.3 is 11.1 Å². The Bertz CT molecular complexity index is 1410. The molecule has 4 aromatic rings. The summed E-state index contributed by atoms with van der Waals surface area (Å²) in [5.41, 5.74) is 9.76. The first-order chi connectivity index (χ1) is 15.4. The van der Waals surface area contributed by atoms with Gasteiger partial charge in [-0.25, -0.2) is 4.98 Å². The van der Waals surface area contributed by atoms with Gasteiger partial charge in [0.15, 0.2) is 0 Å². The van der Waals surface area contributed by atoms with E-state index in [2.05, 4.69) is 21.5 Å². The number of hydrogen-bond donors (Lipinski definition) is 2. The van der Waals surface area contributed by atoms with Gasteiger partial charge in [0.25, 0.3) is 11.8 Å². The van der Waals surface area contributed by atoms with Crippen LogP contribution in [0.2, 0.25) is 0 Å². The van der Waals surface area contributed by atoms with Crippen molar-refractivity contribution < 1.29 is 9.59 Å². The average Bonchev–Trinajstić information content (AvgIpc) is 3.05. The smallest absolute Gasteiger partial charge is 0.267 e. The maximum absolute atomic E-state index is 13.2. The molecule has 2 amide bonds. The van der Waals surface area contributed by atoms with Gasteiger partial charge >= 0.3 is 0 Å². The molecule has 3 N–H and O–H groups in total. The monoisotopic (exact) mass is 424 g/mol. The van der Waals surface area contributed by atoms with Gasteiger partial charge in [0.2, 0.25) is 0 Å². The van der Waals surface area contributed by atoms with E-state index in [0.29, 0.717) is 40.0 Å².